The van der Waals surface area contributed by atoms with Gasteiger partial charge in [0, 0.05) is 12.8 Å². The highest BCUT2D eigenvalue weighted by Gasteiger charge is 2.28. The van der Waals surface area contributed by atoms with Crippen LogP contribution >= 0.6 is 0 Å². The summed E-state index contributed by atoms with van der Waals surface area (Å²) in [6.07, 6.45) is -7.71. The van der Waals surface area contributed by atoms with Crippen LogP contribution in [0.25, 0.3) is 0 Å². The van der Waals surface area contributed by atoms with Crippen molar-refractivity contribution >= 4 is 0 Å². The van der Waals surface area contributed by atoms with Gasteiger partial charge < -0.3 is 5.11 Å². The number of aliphatic hydroxyl groups is 1. The Bertz CT molecular complexity index is 375. The van der Waals surface area contributed by atoms with Crippen LogP contribution in [0.4, 0.5) is 22.0 Å². The molecule has 17 heavy (non-hydrogen) atoms. The highest BCUT2D eigenvalue weighted by atomic mass is 19.4. The van der Waals surface area contributed by atoms with Gasteiger partial charge in [-0.25, -0.2) is 8.78 Å². The van der Waals surface area contributed by atoms with Crippen molar-refractivity contribution in [3.05, 3.63) is 35.4 Å². The molecule has 1 unspecified atom stereocenters. The lowest BCUT2D eigenvalue weighted by atomic mass is 10.0. The van der Waals surface area contributed by atoms with Crippen LogP contribution in [-0.4, -0.2) is 17.4 Å². The summed E-state index contributed by atoms with van der Waals surface area (Å²) in [6.45, 7) is 0. The van der Waals surface area contributed by atoms with Gasteiger partial charge in [-0.2, -0.15) is 13.2 Å². The minimum atomic E-state index is -4.36. The second kappa shape index (κ2) is 5.44. The quantitative estimate of drug-likeness (QED) is 0.818. The fourth-order valence-electron chi connectivity index (χ4n) is 1.39. The molecule has 1 atom stereocenters. The Morgan fingerprint density at radius 3 is 2.41 bits per heavy atom. The maximum atomic E-state index is 13.1. The molecule has 1 N–H and O–H groups in total. The second-order valence-electron chi connectivity index (χ2n) is 3.75. The minimum absolute atomic E-state index is 0.125. The number of benzene rings is 1. The number of alkyl halides is 3. The summed E-state index contributed by atoms with van der Waals surface area (Å²) in [6, 6.07) is 2.65. The zero-order valence-electron chi connectivity index (χ0n) is 8.77. The second-order valence-corrected chi connectivity index (χ2v) is 3.75. The summed E-state index contributed by atoms with van der Waals surface area (Å²) in [5, 5.41) is 9.29. The highest BCUT2D eigenvalue weighted by molar-refractivity contribution is 5.19. The van der Waals surface area contributed by atoms with E-state index < -0.39 is 36.8 Å². The van der Waals surface area contributed by atoms with E-state index in [1.54, 1.807) is 0 Å². The molecule has 0 aliphatic carbocycles. The van der Waals surface area contributed by atoms with Crippen molar-refractivity contribution in [3.63, 3.8) is 0 Å². The van der Waals surface area contributed by atoms with Crippen LogP contribution in [-0.2, 0) is 6.42 Å². The Balaban J connectivity index is 2.56. The molecule has 0 fully saturated rings. The molecule has 1 aromatic rings. The highest BCUT2D eigenvalue weighted by Crippen LogP contribution is 2.23. The van der Waals surface area contributed by atoms with E-state index >= 15 is 0 Å². The molecule has 0 saturated carbocycles. The topological polar surface area (TPSA) is 20.2 Å². The van der Waals surface area contributed by atoms with Gasteiger partial charge in [-0.1, -0.05) is 0 Å². The zero-order valence-corrected chi connectivity index (χ0v) is 8.77. The predicted molar refractivity (Wildman–Crippen MR) is 51.4 cm³/mol. The smallest absolute Gasteiger partial charge is 0.389 e. The molecule has 6 heteroatoms. The van der Waals surface area contributed by atoms with Gasteiger partial charge in [0.05, 0.1) is 6.10 Å². The lowest BCUT2D eigenvalue weighted by molar-refractivity contribution is -0.139. The molecule has 1 aromatic carbocycles. The molecule has 0 saturated heterocycles. The zero-order chi connectivity index (χ0) is 13.1. The number of hydrogen-bond acceptors (Lipinski definition) is 1. The van der Waals surface area contributed by atoms with Crippen molar-refractivity contribution in [3.8, 4) is 0 Å². The Kier molecular flexibility index (Phi) is 4.45. The first kappa shape index (κ1) is 13.9. The largest absolute Gasteiger partial charge is 0.393 e. The molecule has 0 aliphatic rings. The van der Waals surface area contributed by atoms with Gasteiger partial charge in [0.15, 0.2) is 0 Å². The Labute approximate surface area is 94.9 Å². The van der Waals surface area contributed by atoms with Crippen LogP contribution in [0.1, 0.15) is 18.4 Å². The minimum Gasteiger partial charge on any atom is -0.393 e. The molecule has 1 nitrogen and oxygen atoms in total. The van der Waals surface area contributed by atoms with E-state index in [-0.39, 0.29) is 12.0 Å². The fraction of sp³-hybridized carbons (Fsp3) is 0.455. The maximum Gasteiger partial charge on any atom is 0.389 e. The lowest BCUT2D eigenvalue weighted by Crippen LogP contribution is -2.17. The van der Waals surface area contributed by atoms with Gasteiger partial charge in [0.2, 0.25) is 0 Å². The molecule has 0 radical (unpaired) electrons. The van der Waals surface area contributed by atoms with E-state index in [4.69, 9.17) is 0 Å². The lowest BCUT2D eigenvalue weighted by Gasteiger charge is -2.12. The van der Waals surface area contributed by atoms with Gasteiger partial charge in [-0.05, 0) is 30.2 Å². The van der Waals surface area contributed by atoms with Gasteiger partial charge in [0.1, 0.15) is 11.6 Å². The number of rotatable bonds is 4. The third kappa shape index (κ3) is 5.12. The molecule has 0 bridgehead atoms. The van der Waals surface area contributed by atoms with Crippen LogP contribution in [0.15, 0.2) is 18.2 Å². The van der Waals surface area contributed by atoms with E-state index in [0.717, 1.165) is 18.2 Å². The summed E-state index contributed by atoms with van der Waals surface area (Å²) in [5.74, 6) is -1.43. The third-order valence-corrected chi connectivity index (χ3v) is 2.22. The molecular weight excluding hydrogens is 243 g/mol. The van der Waals surface area contributed by atoms with Crippen molar-refractivity contribution in [2.45, 2.75) is 31.5 Å². The van der Waals surface area contributed by atoms with Crippen molar-refractivity contribution in [2.24, 2.45) is 0 Å². The Morgan fingerprint density at radius 2 is 1.82 bits per heavy atom. The van der Waals surface area contributed by atoms with Crippen molar-refractivity contribution in [1.29, 1.82) is 0 Å². The van der Waals surface area contributed by atoms with Crippen LogP contribution in [0, 0.1) is 11.6 Å². The Morgan fingerprint density at radius 1 is 1.18 bits per heavy atom. The number of aliphatic hydroxyl groups excluding tert-OH is 1. The van der Waals surface area contributed by atoms with Crippen molar-refractivity contribution in [1.82, 2.24) is 0 Å². The summed E-state index contributed by atoms with van der Waals surface area (Å²) >= 11 is 0. The van der Waals surface area contributed by atoms with E-state index in [1.807, 2.05) is 0 Å². The van der Waals surface area contributed by atoms with Crippen LogP contribution in [0.3, 0.4) is 0 Å². The first-order chi connectivity index (χ1) is 7.78. The summed E-state index contributed by atoms with van der Waals surface area (Å²) < 4.78 is 61.4. The van der Waals surface area contributed by atoms with Crippen molar-refractivity contribution in [2.75, 3.05) is 0 Å². The summed E-state index contributed by atoms with van der Waals surface area (Å²) in [5.41, 5.74) is -0.125. The first-order valence-electron chi connectivity index (χ1n) is 4.96. The van der Waals surface area contributed by atoms with Gasteiger partial charge in [-0.3, -0.25) is 0 Å². The summed E-state index contributed by atoms with van der Waals surface area (Å²) in [7, 11) is 0. The average molecular weight is 254 g/mol. The molecule has 1 rings (SSSR count). The maximum absolute atomic E-state index is 13.1. The van der Waals surface area contributed by atoms with E-state index in [0.29, 0.717) is 0 Å². The molecule has 0 spiro atoms. The van der Waals surface area contributed by atoms with E-state index in [9.17, 15) is 27.1 Å². The molecular formula is C11H11F5O. The Hall–Kier alpha value is -1.17. The molecule has 0 heterocycles. The third-order valence-electron chi connectivity index (χ3n) is 2.22. The van der Waals surface area contributed by atoms with E-state index in [2.05, 4.69) is 0 Å². The molecule has 0 aliphatic heterocycles. The predicted octanol–water partition coefficient (Wildman–Crippen LogP) is 3.21. The van der Waals surface area contributed by atoms with Crippen LogP contribution in [0.2, 0.25) is 0 Å². The van der Waals surface area contributed by atoms with Crippen molar-refractivity contribution < 1.29 is 27.1 Å². The SMILES string of the molecule is OC(CCC(F)(F)F)Cc1cc(F)ccc1F. The number of hydrogen-bond donors (Lipinski definition) is 1. The van der Waals surface area contributed by atoms with Gasteiger partial charge in [0.25, 0.3) is 0 Å². The van der Waals surface area contributed by atoms with Gasteiger partial charge in [-0.15, -0.1) is 0 Å². The van der Waals surface area contributed by atoms with Gasteiger partial charge >= 0.3 is 6.18 Å². The monoisotopic (exact) mass is 254 g/mol. The fourth-order valence-corrected chi connectivity index (χ4v) is 1.39. The molecule has 0 amide bonds. The van der Waals surface area contributed by atoms with Crippen LogP contribution in [0.5, 0.6) is 0 Å². The normalized spacial score (nSPS) is 13.8. The van der Waals surface area contributed by atoms with Crippen LogP contribution < -0.4 is 0 Å². The molecule has 0 aromatic heterocycles. The average Bonchev–Trinajstić information content (AvgIpc) is 2.20. The standard InChI is InChI=1S/C11H11F5O/c12-8-1-2-10(13)7(5-8)6-9(17)3-4-11(14,15)16/h1-2,5,9,17H,3-4,6H2. The number of halogens is 5. The molecule has 96 valence electrons. The summed E-state index contributed by atoms with van der Waals surface area (Å²) in [4.78, 5) is 0. The van der Waals surface area contributed by atoms with E-state index in [1.165, 1.54) is 0 Å². The first-order valence-corrected chi connectivity index (χ1v) is 4.96.